The van der Waals surface area contributed by atoms with Crippen molar-refractivity contribution in [2.75, 3.05) is 31.6 Å². The number of ether oxygens (including phenoxy) is 1. The summed E-state index contributed by atoms with van der Waals surface area (Å²) in [7, 11) is 1.59. The van der Waals surface area contributed by atoms with Crippen LogP contribution in [0.5, 0.6) is 5.75 Å². The molecule has 4 rings (SSSR count). The lowest BCUT2D eigenvalue weighted by atomic mass is 9.90. The van der Waals surface area contributed by atoms with Gasteiger partial charge in [0.2, 0.25) is 0 Å². The van der Waals surface area contributed by atoms with E-state index < -0.39 is 0 Å². The van der Waals surface area contributed by atoms with E-state index in [1.165, 1.54) is 0 Å². The zero-order valence-electron chi connectivity index (χ0n) is 18.5. The topological polar surface area (TPSA) is 78.5 Å². The minimum Gasteiger partial charge on any atom is -0.497 e. The Balaban J connectivity index is 1.45. The summed E-state index contributed by atoms with van der Waals surface area (Å²) >= 11 is 0. The number of rotatable bonds is 6. The van der Waals surface area contributed by atoms with Crippen molar-refractivity contribution in [3.05, 3.63) is 77.6 Å². The average molecular weight is 433 g/mol. The third-order valence-electron chi connectivity index (χ3n) is 6.04. The fraction of sp³-hybridized carbons (Fsp3) is 0.320. The zero-order chi connectivity index (χ0) is 22.5. The van der Waals surface area contributed by atoms with Crippen molar-refractivity contribution in [2.45, 2.75) is 25.7 Å². The van der Waals surface area contributed by atoms with E-state index in [0.717, 1.165) is 24.2 Å². The van der Waals surface area contributed by atoms with Crippen molar-refractivity contribution in [3.63, 3.8) is 0 Å². The van der Waals surface area contributed by atoms with Gasteiger partial charge in [-0.3, -0.25) is 14.7 Å². The van der Waals surface area contributed by atoms with Crippen molar-refractivity contribution in [2.24, 2.45) is 0 Å². The first-order chi connectivity index (χ1) is 15.6. The molecule has 0 spiro atoms. The zero-order valence-corrected chi connectivity index (χ0v) is 18.5. The molecular weight excluding hydrogens is 404 g/mol. The molecule has 7 nitrogen and oxygen atoms in total. The van der Waals surface area contributed by atoms with Crippen LogP contribution in [-0.4, -0.2) is 53.7 Å². The first kappa shape index (κ1) is 21.6. The van der Waals surface area contributed by atoms with E-state index in [1.807, 2.05) is 60.4 Å². The van der Waals surface area contributed by atoms with Crippen LogP contribution < -0.4 is 9.64 Å². The highest BCUT2D eigenvalue weighted by molar-refractivity contribution is 6.06. The van der Waals surface area contributed by atoms with Gasteiger partial charge in [0.05, 0.1) is 24.6 Å². The minimum absolute atomic E-state index is 0.00416. The third-order valence-corrected chi connectivity index (χ3v) is 6.04. The van der Waals surface area contributed by atoms with Gasteiger partial charge < -0.3 is 14.5 Å². The van der Waals surface area contributed by atoms with Crippen LogP contribution >= 0.6 is 0 Å². The number of likely N-dealkylation sites (tertiary alicyclic amines) is 1. The number of nitrogens with zero attached hydrogens (tertiary/aromatic N) is 3. The molecule has 1 fully saturated rings. The van der Waals surface area contributed by atoms with E-state index in [4.69, 9.17) is 4.74 Å². The van der Waals surface area contributed by atoms with Crippen molar-refractivity contribution in [1.82, 2.24) is 15.1 Å². The van der Waals surface area contributed by atoms with Crippen molar-refractivity contribution < 1.29 is 14.3 Å². The van der Waals surface area contributed by atoms with Crippen LogP contribution in [0.25, 0.3) is 0 Å². The molecule has 0 unspecified atom stereocenters. The summed E-state index contributed by atoms with van der Waals surface area (Å²) in [6.45, 7) is 3.79. The van der Waals surface area contributed by atoms with Crippen molar-refractivity contribution in [3.8, 4) is 5.75 Å². The summed E-state index contributed by atoms with van der Waals surface area (Å²) in [5, 5.41) is 7.24. The number of para-hydroxylation sites is 1. The van der Waals surface area contributed by atoms with Gasteiger partial charge in [0.25, 0.3) is 11.8 Å². The fourth-order valence-electron chi connectivity index (χ4n) is 4.28. The van der Waals surface area contributed by atoms with E-state index >= 15 is 0 Å². The second-order valence-electron chi connectivity index (χ2n) is 7.88. The van der Waals surface area contributed by atoms with E-state index in [-0.39, 0.29) is 17.7 Å². The number of methoxy groups -OCH3 is 1. The predicted octanol–water partition coefficient (Wildman–Crippen LogP) is 4.10. The second-order valence-corrected chi connectivity index (χ2v) is 7.88. The van der Waals surface area contributed by atoms with Crippen molar-refractivity contribution in [1.29, 1.82) is 0 Å². The van der Waals surface area contributed by atoms with Gasteiger partial charge >= 0.3 is 0 Å². The number of piperidine rings is 1. The van der Waals surface area contributed by atoms with Gasteiger partial charge in [-0.2, -0.15) is 5.10 Å². The number of hydrogen-bond donors (Lipinski definition) is 1. The summed E-state index contributed by atoms with van der Waals surface area (Å²) in [6, 6.07) is 16.9. The highest BCUT2D eigenvalue weighted by Crippen LogP contribution is 2.31. The van der Waals surface area contributed by atoms with E-state index in [1.54, 1.807) is 24.3 Å². The number of aromatic amines is 1. The van der Waals surface area contributed by atoms with E-state index in [2.05, 4.69) is 10.2 Å². The molecule has 1 aromatic heterocycles. The smallest absolute Gasteiger partial charge is 0.261 e. The molecule has 1 N–H and O–H groups in total. The predicted molar refractivity (Wildman–Crippen MR) is 123 cm³/mol. The number of H-pyrrole nitrogens is 1. The molecule has 2 heterocycles. The lowest BCUT2D eigenvalue weighted by Crippen LogP contribution is -2.38. The second kappa shape index (κ2) is 9.68. The first-order valence-electron chi connectivity index (χ1n) is 11.0. The number of nitrogens with one attached hydrogen (secondary N) is 1. The molecule has 2 aromatic carbocycles. The Hall–Kier alpha value is -3.61. The van der Waals surface area contributed by atoms with Crippen LogP contribution in [0.3, 0.4) is 0 Å². The molecular formula is C25H28N4O3. The lowest BCUT2D eigenvalue weighted by Gasteiger charge is -2.32. The molecule has 166 valence electrons. The Kier molecular flexibility index (Phi) is 6.54. The molecule has 0 radical (unpaired) electrons. The van der Waals surface area contributed by atoms with Gasteiger partial charge in [-0.05, 0) is 50.1 Å². The Morgan fingerprint density at radius 3 is 2.56 bits per heavy atom. The van der Waals surface area contributed by atoms with Gasteiger partial charge in [0.15, 0.2) is 0 Å². The number of aromatic nitrogens is 2. The number of anilines is 1. The quantitative estimate of drug-likeness (QED) is 0.636. The van der Waals surface area contributed by atoms with Gasteiger partial charge in [0, 0.05) is 36.8 Å². The van der Waals surface area contributed by atoms with Crippen LogP contribution in [-0.2, 0) is 0 Å². The maximum Gasteiger partial charge on any atom is 0.261 e. The molecule has 1 saturated heterocycles. The summed E-state index contributed by atoms with van der Waals surface area (Å²) in [4.78, 5) is 29.8. The summed E-state index contributed by atoms with van der Waals surface area (Å²) in [6.07, 6.45) is 3.17. The third kappa shape index (κ3) is 4.37. The van der Waals surface area contributed by atoms with Crippen LogP contribution in [0.2, 0.25) is 0 Å². The molecule has 7 heteroatoms. The number of carbonyl (C=O) groups is 2. The molecule has 0 atom stereocenters. The molecule has 0 bridgehead atoms. The number of benzene rings is 2. The van der Waals surface area contributed by atoms with Crippen molar-refractivity contribution >= 4 is 17.5 Å². The SMILES string of the molecule is CCN(C(=O)c1cn[nH]c1C1CCN(C(=O)c2cccc(OC)c2)CC1)c1ccccc1. The monoisotopic (exact) mass is 432 g/mol. The lowest BCUT2D eigenvalue weighted by molar-refractivity contribution is 0.0710. The Morgan fingerprint density at radius 1 is 1.12 bits per heavy atom. The highest BCUT2D eigenvalue weighted by Gasteiger charge is 2.30. The Bertz CT molecular complexity index is 1070. The molecule has 1 aliphatic rings. The highest BCUT2D eigenvalue weighted by atomic mass is 16.5. The van der Waals surface area contributed by atoms with Gasteiger partial charge in [-0.25, -0.2) is 0 Å². The van der Waals surface area contributed by atoms with Gasteiger partial charge in [-0.1, -0.05) is 24.3 Å². The molecule has 0 aliphatic carbocycles. The molecule has 2 amide bonds. The van der Waals surface area contributed by atoms with Gasteiger partial charge in [0.1, 0.15) is 5.75 Å². The number of hydrogen-bond acceptors (Lipinski definition) is 4. The Labute approximate surface area is 188 Å². The molecule has 3 aromatic rings. The molecule has 32 heavy (non-hydrogen) atoms. The first-order valence-corrected chi connectivity index (χ1v) is 11.0. The normalized spacial score (nSPS) is 14.2. The molecule has 1 aliphatic heterocycles. The summed E-state index contributed by atoms with van der Waals surface area (Å²) in [5.41, 5.74) is 2.96. The summed E-state index contributed by atoms with van der Waals surface area (Å²) in [5.74, 6) is 0.771. The Morgan fingerprint density at radius 2 is 1.88 bits per heavy atom. The van der Waals surface area contributed by atoms with Gasteiger partial charge in [-0.15, -0.1) is 0 Å². The fourth-order valence-corrected chi connectivity index (χ4v) is 4.28. The largest absolute Gasteiger partial charge is 0.497 e. The van der Waals surface area contributed by atoms with Crippen LogP contribution in [0.1, 0.15) is 52.1 Å². The summed E-state index contributed by atoms with van der Waals surface area (Å²) < 4.78 is 5.24. The average Bonchev–Trinajstić information content (AvgIpc) is 3.35. The molecule has 0 saturated carbocycles. The van der Waals surface area contributed by atoms with E-state index in [9.17, 15) is 9.59 Å². The maximum absolute atomic E-state index is 13.3. The maximum atomic E-state index is 13.3. The minimum atomic E-state index is -0.0580. The number of carbonyl (C=O) groups excluding carboxylic acids is 2. The number of amides is 2. The standard InChI is InChI=1S/C25H28N4O3/c1-3-29(20-9-5-4-6-10-20)25(31)22-17-26-27-23(22)18-12-14-28(15-13-18)24(30)19-8-7-11-21(16-19)32-2/h4-11,16-18H,3,12-15H2,1-2H3,(H,26,27). The van der Waals surface area contributed by atoms with E-state index in [0.29, 0.717) is 36.5 Å². The van der Waals surface area contributed by atoms with Crippen LogP contribution in [0.15, 0.2) is 60.8 Å². The van der Waals surface area contributed by atoms with Crippen LogP contribution in [0.4, 0.5) is 5.69 Å². The van der Waals surface area contributed by atoms with Crippen LogP contribution in [0, 0.1) is 0 Å².